The smallest absolute Gasteiger partial charge is 0.410 e. The van der Waals surface area contributed by atoms with Crippen LogP contribution in [-0.2, 0) is 4.74 Å². The van der Waals surface area contributed by atoms with Crippen LogP contribution in [0.5, 0.6) is 0 Å². The Morgan fingerprint density at radius 1 is 1.32 bits per heavy atom. The number of likely N-dealkylation sites (tertiary alicyclic amines) is 1. The summed E-state index contributed by atoms with van der Waals surface area (Å²) in [4.78, 5) is 25.8. The molecule has 1 aromatic rings. The van der Waals surface area contributed by atoms with E-state index in [2.05, 4.69) is 0 Å². The first-order valence-electron chi connectivity index (χ1n) is 6.67. The summed E-state index contributed by atoms with van der Waals surface area (Å²) in [5.74, 6) is 0.00514. The lowest BCUT2D eigenvalue weighted by atomic mass is 10.0. The molecule has 4 nitrogen and oxygen atoms in total. The standard InChI is InChI=1S/C15H19NO3/c1-3-19-15(18)16-10-4-5-13(16)14(17)12-8-6-11(2)7-9-12/h6-9,13H,3-5,10H2,1-2H3. The largest absolute Gasteiger partial charge is 0.450 e. The second kappa shape index (κ2) is 5.87. The van der Waals surface area contributed by atoms with Crippen LogP contribution in [0.15, 0.2) is 24.3 Å². The summed E-state index contributed by atoms with van der Waals surface area (Å²) in [6.07, 6.45) is 1.18. The SMILES string of the molecule is CCOC(=O)N1CCCC1C(=O)c1ccc(C)cc1. The van der Waals surface area contributed by atoms with E-state index in [1.165, 1.54) is 0 Å². The van der Waals surface area contributed by atoms with E-state index in [1.54, 1.807) is 11.8 Å². The van der Waals surface area contributed by atoms with Gasteiger partial charge in [-0.15, -0.1) is 0 Å². The number of amides is 1. The normalized spacial score (nSPS) is 18.4. The van der Waals surface area contributed by atoms with Gasteiger partial charge in [-0.25, -0.2) is 4.79 Å². The van der Waals surface area contributed by atoms with Gasteiger partial charge in [0.15, 0.2) is 5.78 Å². The Balaban J connectivity index is 2.13. The van der Waals surface area contributed by atoms with Crippen LogP contribution in [0.1, 0.15) is 35.7 Å². The van der Waals surface area contributed by atoms with Crippen LogP contribution in [0, 0.1) is 6.92 Å². The van der Waals surface area contributed by atoms with E-state index in [1.807, 2.05) is 31.2 Å². The fraction of sp³-hybridized carbons (Fsp3) is 0.467. The van der Waals surface area contributed by atoms with Crippen LogP contribution < -0.4 is 0 Å². The van der Waals surface area contributed by atoms with Crippen molar-refractivity contribution in [3.8, 4) is 0 Å². The lowest BCUT2D eigenvalue weighted by Crippen LogP contribution is -2.40. The number of ketones is 1. The third-order valence-electron chi connectivity index (χ3n) is 3.39. The molecule has 1 atom stereocenters. The van der Waals surface area contributed by atoms with Crippen LogP contribution in [0.3, 0.4) is 0 Å². The summed E-state index contributed by atoms with van der Waals surface area (Å²) in [5.41, 5.74) is 1.78. The van der Waals surface area contributed by atoms with Gasteiger partial charge in [0.1, 0.15) is 0 Å². The number of rotatable bonds is 3. The van der Waals surface area contributed by atoms with Crippen LogP contribution >= 0.6 is 0 Å². The molecule has 0 aliphatic carbocycles. The number of Topliss-reactive ketones (excluding diaryl/α,β-unsaturated/α-hetero) is 1. The van der Waals surface area contributed by atoms with Crippen LogP contribution in [-0.4, -0.2) is 36.0 Å². The van der Waals surface area contributed by atoms with E-state index in [9.17, 15) is 9.59 Å². The highest BCUT2D eigenvalue weighted by Gasteiger charge is 2.35. The number of carbonyl (C=O) groups is 2. The Bertz CT molecular complexity index is 467. The first kappa shape index (κ1) is 13.6. The quantitative estimate of drug-likeness (QED) is 0.786. The maximum atomic E-state index is 12.4. The molecule has 1 fully saturated rings. The zero-order chi connectivity index (χ0) is 13.8. The van der Waals surface area contributed by atoms with Crippen molar-refractivity contribution in [1.82, 2.24) is 4.90 Å². The van der Waals surface area contributed by atoms with Crippen molar-refractivity contribution in [3.05, 3.63) is 35.4 Å². The number of nitrogens with zero attached hydrogens (tertiary/aromatic N) is 1. The topological polar surface area (TPSA) is 46.6 Å². The van der Waals surface area contributed by atoms with E-state index in [-0.39, 0.29) is 17.9 Å². The Morgan fingerprint density at radius 3 is 2.63 bits per heavy atom. The molecule has 102 valence electrons. The number of benzene rings is 1. The molecule has 4 heteroatoms. The van der Waals surface area contributed by atoms with Gasteiger partial charge in [0, 0.05) is 12.1 Å². The molecule has 19 heavy (non-hydrogen) atoms. The molecule has 1 aliphatic rings. The molecule has 0 bridgehead atoms. The molecule has 0 N–H and O–H groups in total. The predicted molar refractivity (Wildman–Crippen MR) is 72.3 cm³/mol. The number of ether oxygens (including phenoxy) is 1. The van der Waals surface area contributed by atoms with Crippen LogP contribution in [0.4, 0.5) is 4.79 Å². The fourth-order valence-corrected chi connectivity index (χ4v) is 2.37. The summed E-state index contributed by atoms with van der Waals surface area (Å²) in [7, 11) is 0. The predicted octanol–water partition coefficient (Wildman–Crippen LogP) is 2.80. The van der Waals surface area contributed by atoms with Gasteiger partial charge in [-0.1, -0.05) is 29.8 Å². The molecular weight excluding hydrogens is 242 g/mol. The van der Waals surface area contributed by atoms with E-state index < -0.39 is 0 Å². The molecule has 1 heterocycles. The van der Waals surface area contributed by atoms with Gasteiger partial charge in [-0.2, -0.15) is 0 Å². The van der Waals surface area contributed by atoms with Crippen molar-refractivity contribution in [1.29, 1.82) is 0 Å². The molecule has 1 amide bonds. The lowest BCUT2D eigenvalue weighted by molar-refractivity contribution is 0.0775. The van der Waals surface area contributed by atoms with E-state index in [0.29, 0.717) is 25.1 Å². The van der Waals surface area contributed by atoms with Crippen LogP contribution in [0.25, 0.3) is 0 Å². The molecule has 0 saturated carbocycles. The number of aryl methyl sites for hydroxylation is 1. The molecule has 2 rings (SSSR count). The summed E-state index contributed by atoms with van der Waals surface area (Å²) < 4.78 is 5.00. The Kier molecular flexibility index (Phi) is 4.20. The van der Waals surface area contributed by atoms with Gasteiger partial charge in [-0.05, 0) is 26.7 Å². The fourth-order valence-electron chi connectivity index (χ4n) is 2.37. The van der Waals surface area contributed by atoms with Crippen molar-refractivity contribution in [2.75, 3.05) is 13.2 Å². The monoisotopic (exact) mass is 261 g/mol. The van der Waals surface area contributed by atoms with Gasteiger partial charge in [0.2, 0.25) is 0 Å². The summed E-state index contributed by atoms with van der Waals surface area (Å²) in [6, 6.07) is 7.09. The molecule has 1 saturated heterocycles. The second-order valence-electron chi connectivity index (χ2n) is 4.78. The average molecular weight is 261 g/mol. The summed E-state index contributed by atoms with van der Waals surface area (Å²) >= 11 is 0. The maximum Gasteiger partial charge on any atom is 0.410 e. The molecule has 1 aromatic carbocycles. The minimum absolute atomic E-state index is 0.00514. The van der Waals surface area contributed by atoms with Gasteiger partial charge in [-0.3, -0.25) is 9.69 Å². The number of hydrogen-bond acceptors (Lipinski definition) is 3. The summed E-state index contributed by atoms with van der Waals surface area (Å²) in [6.45, 7) is 4.68. The third-order valence-corrected chi connectivity index (χ3v) is 3.39. The van der Waals surface area contributed by atoms with Crippen molar-refractivity contribution < 1.29 is 14.3 Å². The molecule has 0 aromatic heterocycles. The molecule has 1 unspecified atom stereocenters. The number of carbonyl (C=O) groups excluding carboxylic acids is 2. The number of hydrogen-bond donors (Lipinski definition) is 0. The molecule has 0 spiro atoms. The van der Waals surface area contributed by atoms with Gasteiger partial charge in [0.05, 0.1) is 12.6 Å². The van der Waals surface area contributed by atoms with Crippen molar-refractivity contribution in [3.63, 3.8) is 0 Å². The molecular formula is C15H19NO3. The Morgan fingerprint density at radius 2 is 2.00 bits per heavy atom. The zero-order valence-electron chi connectivity index (χ0n) is 11.4. The van der Waals surface area contributed by atoms with Crippen molar-refractivity contribution in [2.24, 2.45) is 0 Å². The highest BCUT2D eigenvalue weighted by molar-refractivity contribution is 6.01. The second-order valence-corrected chi connectivity index (χ2v) is 4.78. The minimum Gasteiger partial charge on any atom is -0.450 e. The van der Waals surface area contributed by atoms with Gasteiger partial charge >= 0.3 is 6.09 Å². The Hall–Kier alpha value is -1.84. The third kappa shape index (κ3) is 2.95. The van der Waals surface area contributed by atoms with E-state index in [0.717, 1.165) is 12.0 Å². The van der Waals surface area contributed by atoms with Crippen LogP contribution in [0.2, 0.25) is 0 Å². The highest BCUT2D eigenvalue weighted by Crippen LogP contribution is 2.22. The highest BCUT2D eigenvalue weighted by atomic mass is 16.6. The maximum absolute atomic E-state index is 12.4. The minimum atomic E-state index is -0.384. The molecule has 0 radical (unpaired) electrons. The first-order chi connectivity index (χ1) is 9.13. The van der Waals surface area contributed by atoms with Gasteiger partial charge in [0.25, 0.3) is 0 Å². The van der Waals surface area contributed by atoms with E-state index in [4.69, 9.17) is 4.74 Å². The average Bonchev–Trinajstić information content (AvgIpc) is 2.88. The zero-order valence-corrected chi connectivity index (χ0v) is 11.4. The summed E-state index contributed by atoms with van der Waals surface area (Å²) in [5, 5.41) is 0. The van der Waals surface area contributed by atoms with E-state index >= 15 is 0 Å². The van der Waals surface area contributed by atoms with Gasteiger partial charge < -0.3 is 4.74 Å². The molecule has 1 aliphatic heterocycles. The van der Waals surface area contributed by atoms with Crippen molar-refractivity contribution in [2.45, 2.75) is 32.7 Å². The first-order valence-corrected chi connectivity index (χ1v) is 6.67. The van der Waals surface area contributed by atoms with Crippen molar-refractivity contribution >= 4 is 11.9 Å². The Labute approximate surface area is 113 Å². The lowest BCUT2D eigenvalue weighted by Gasteiger charge is -2.22.